The number of nitrogens with zero attached hydrogens (tertiary/aromatic N) is 2. The summed E-state index contributed by atoms with van der Waals surface area (Å²) in [6.07, 6.45) is 2.95. The van der Waals surface area contributed by atoms with Crippen LogP contribution in [0.4, 0.5) is 0 Å². The number of likely N-dealkylation sites (tertiary alicyclic amines) is 1. The molecule has 0 unspecified atom stereocenters. The molecule has 0 aliphatic carbocycles. The lowest BCUT2D eigenvalue weighted by Crippen LogP contribution is -2.26. The van der Waals surface area contributed by atoms with E-state index in [0.29, 0.717) is 6.04 Å². The minimum atomic E-state index is 0.352. The molecule has 1 aromatic rings. The normalized spacial score (nSPS) is 22.9. The van der Waals surface area contributed by atoms with Gasteiger partial charge in [-0.2, -0.15) is 0 Å². The number of hydrogen-bond donors (Lipinski definition) is 1. The molecular weight excluding hydrogens is 242 g/mol. The molecule has 1 fully saturated rings. The number of halogens is 1. The summed E-state index contributed by atoms with van der Waals surface area (Å²) in [4.78, 5) is 6.69. The van der Waals surface area contributed by atoms with Gasteiger partial charge >= 0.3 is 0 Å². The highest BCUT2D eigenvalue weighted by atomic mass is 79.9. The third-order valence-corrected chi connectivity index (χ3v) is 2.95. The number of rotatable bonds is 2. The second-order valence-electron chi connectivity index (χ2n) is 3.75. The van der Waals surface area contributed by atoms with Crippen LogP contribution in [0.2, 0.25) is 0 Å². The molecule has 2 rings (SSSR count). The predicted molar refractivity (Wildman–Crippen MR) is 59.8 cm³/mol. The van der Waals surface area contributed by atoms with Gasteiger partial charge in [0.2, 0.25) is 0 Å². The van der Waals surface area contributed by atoms with Gasteiger partial charge in [-0.25, -0.2) is 0 Å². The Bertz CT molecular complexity index is 299. The van der Waals surface area contributed by atoms with Crippen LogP contribution in [0.3, 0.4) is 0 Å². The highest BCUT2D eigenvalue weighted by Crippen LogP contribution is 2.12. The van der Waals surface area contributed by atoms with E-state index in [0.717, 1.165) is 36.2 Å². The van der Waals surface area contributed by atoms with Crippen LogP contribution in [0.15, 0.2) is 22.8 Å². The van der Waals surface area contributed by atoms with Crippen molar-refractivity contribution in [2.45, 2.75) is 19.0 Å². The van der Waals surface area contributed by atoms with Crippen molar-refractivity contribution in [3.05, 3.63) is 28.5 Å². The van der Waals surface area contributed by atoms with Gasteiger partial charge in [0, 0.05) is 36.3 Å². The molecule has 3 nitrogen and oxygen atoms in total. The van der Waals surface area contributed by atoms with Crippen molar-refractivity contribution in [2.75, 3.05) is 13.1 Å². The van der Waals surface area contributed by atoms with E-state index in [2.05, 4.69) is 25.8 Å². The molecule has 0 aromatic carbocycles. The third kappa shape index (κ3) is 2.53. The van der Waals surface area contributed by atoms with Gasteiger partial charge < -0.3 is 5.73 Å². The molecule has 0 spiro atoms. The average molecular weight is 256 g/mol. The molecule has 1 aliphatic rings. The van der Waals surface area contributed by atoms with Crippen molar-refractivity contribution in [1.82, 2.24) is 9.88 Å². The minimum Gasteiger partial charge on any atom is -0.326 e. The Hall–Kier alpha value is -0.450. The summed E-state index contributed by atoms with van der Waals surface area (Å²) < 4.78 is 1.03. The van der Waals surface area contributed by atoms with E-state index in [1.807, 2.05) is 18.3 Å². The monoisotopic (exact) mass is 255 g/mol. The first-order valence-corrected chi connectivity index (χ1v) is 5.62. The first-order valence-electron chi connectivity index (χ1n) is 4.82. The Morgan fingerprint density at radius 1 is 1.57 bits per heavy atom. The number of pyridine rings is 1. The second kappa shape index (κ2) is 4.38. The summed E-state index contributed by atoms with van der Waals surface area (Å²) in [6.45, 7) is 3.01. The molecule has 2 N–H and O–H groups in total. The van der Waals surface area contributed by atoms with E-state index in [9.17, 15) is 0 Å². The fourth-order valence-electron chi connectivity index (χ4n) is 1.74. The summed E-state index contributed by atoms with van der Waals surface area (Å²) in [5.41, 5.74) is 6.95. The van der Waals surface area contributed by atoms with Crippen molar-refractivity contribution < 1.29 is 0 Å². The van der Waals surface area contributed by atoms with Crippen LogP contribution in [0.1, 0.15) is 12.1 Å². The quantitative estimate of drug-likeness (QED) is 0.869. The van der Waals surface area contributed by atoms with Gasteiger partial charge in [-0.15, -0.1) is 0 Å². The second-order valence-corrected chi connectivity index (χ2v) is 4.67. The lowest BCUT2D eigenvalue weighted by atomic mass is 10.3. The molecule has 14 heavy (non-hydrogen) atoms. The number of aromatic nitrogens is 1. The maximum absolute atomic E-state index is 5.83. The first kappa shape index (κ1) is 10.1. The SMILES string of the molecule is N[C@@H]1CCN(Cc2ccc(Br)cn2)C1. The maximum atomic E-state index is 5.83. The topological polar surface area (TPSA) is 42.1 Å². The Balaban J connectivity index is 1.94. The van der Waals surface area contributed by atoms with Crippen LogP contribution in [0.5, 0.6) is 0 Å². The van der Waals surface area contributed by atoms with Gasteiger partial charge in [0.05, 0.1) is 5.69 Å². The Morgan fingerprint density at radius 3 is 3.00 bits per heavy atom. The van der Waals surface area contributed by atoms with Crippen molar-refractivity contribution in [2.24, 2.45) is 5.73 Å². The Morgan fingerprint density at radius 2 is 2.43 bits per heavy atom. The molecule has 1 aliphatic heterocycles. The first-order chi connectivity index (χ1) is 6.74. The average Bonchev–Trinajstić information content (AvgIpc) is 2.56. The van der Waals surface area contributed by atoms with Gasteiger partial charge in [0.15, 0.2) is 0 Å². The van der Waals surface area contributed by atoms with E-state index in [4.69, 9.17) is 5.73 Å². The molecule has 1 atom stereocenters. The van der Waals surface area contributed by atoms with Gasteiger partial charge in [-0.3, -0.25) is 9.88 Å². The van der Waals surface area contributed by atoms with Crippen LogP contribution in [0.25, 0.3) is 0 Å². The molecule has 76 valence electrons. The largest absolute Gasteiger partial charge is 0.326 e. The highest BCUT2D eigenvalue weighted by molar-refractivity contribution is 9.10. The lowest BCUT2D eigenvalue weighted by Gasteiger charge is -2.14. The number of nitrogens with two attached hydrogens (primary N) is 1. The van der Waals surface area contributed by atoms with Crippen LogP contribution in [-0.4, -0.2) is 29.0 Å². The van der Waals surface area contributed by atoms with Gasteiger partial charge in [-0.1, -0.05) is 0 Å². The van der Waals surface area contributed by atoms with E-state index in [-0.39, 0.29) is 0 Å². The van der Waals surface area contributed by atoms with Crippen LogP contribution >= 0.6 is 15.9 Å². The predicted octanol–water partition coefficient (Wildman–Crippen LogP) is 1.38. The summed E-state index contributed by atoms with van der Waals surface area (Å²) in [5.74, 6) is 0. The Kier molecular flexibility index (Phi) is 3.15. The summed E-state index contributed by atoms with van der Waals surface area (Å²) >= 11 is 3.37. The third-order valence-electron chi connectivity index (χ3n) is 2.48. The molecule has 2 heterocycles. The Labute approximate surface area is 92.4 Å². The maximum Gasteiger partial charge on any atom is 0.0544 e. The van der Waals surface area contributed by atoms with Crippen LogP contribution in [0, 0.1) is 0 Å². The molecule has 0 radical (unpaired) electrons. The van der Waals surface area contributed by atoms with Crippen molar-refractivity contribution >= 4 is 15.9 Å². The highest BCUT2D eigenvalue weighted by Gasteiger charge is 2.18. The zero-order chi connectivity index (χ0) is 9.97. The van der Waals surface area contributed by atoms with Crippen LogP contribution in [-0.2, 0) is 6.54 Å². The fraction of sp³-hybridized carbons (Fsp3) is 0.500. The lowest BCUT2D eigenvalue weighted by molar-refractivity contribution is 0.323. The molecule has 0 bridgehead atoms. The van der Waals surface area contributed by atoms with Gasteiger partial charge in [0.25, 0.3) is 0 Å². The van der Waals surface area contributed by atoms with Crippen LogP contribution < -0.4 is 5.73 Å². The smallest absolute Gasteiger partial charge is 0.0544 e. The molecule has 0 saturated carbocycles. The van der Waals surface area contributed by atoms with Crippen molar-refractivity contribution in [3.63, 3.8) is 0 Å². The summed E-state index contributed by atoms with van der Waals surface area (Å²) in [7, 11) is 0. The fourth-order valence-corrected chi connectivity index (χ4v) is 1.97. The van der Waals surface area contributed by atoms with E-state index in [1.165, 1.54) is 0 Å². The number of hydrogen-bond acceptors (Lipinski definition) is 3. The van der Waals surface area contributed by atoms with Gasteiger partial charge in [0.1, 0.15) is 0 Å². The minimum absolute atomic E-state index is 0.352. The van der Waals surface area contributed by atoms with Gasteiger partial charge in [-0.05, 0) is 34.5 Å². The standard InChI is InChI=1S/C10H14BrN3/c11-8-1-2-10(13-5-8)7-14-4-3-9(12)6-14/h1-2,5,9H,3-4,6-7,12H2/t9-/m1/s1. The zero-order valence-corrected chi connectivity index (χ0v) is 9.57. The summed E-state index contributed by atoms with van der Waals surface area (Å²) in [5, 5.41) is 0. The molecular formula is C10H14BrN3. The molecule has 4 heteroatoms. The van der Waals surface area contributed by atoms with E-state index >= 15 is 0 Å². The molecule has 0 amide bonds. The molecule has 1 saturated heterocycles. The van der Waals surface area contributed by atoms with E-state index in [1.54, 1.807) is 0 Å². The molecule has 1 aromatic heterocycles. The summed E-state index contributed by atoms with van der Waals surface area (Å²) in [6, 6.07) is 4.43. The van der Waals surface area contributed by atoms with E-state index < -0.39 is 0 Å². The van der Waals surface area contributed by atoms with Crippen molar-refractivity contribution in [1.29, 1.82) is 0 Å². The van der Waals surface area contributed by atoms with Crippen molar-refractivity contribution in [3.8, 4) is 0 Å². The zero-order valence-electron chi connectivity index (χ0n) is 7.99.